The predicted molar refractivity (Wildman–Crippen MR) is 77.6 cm³/mol. The van der Waals surface area contributed by atoms with Gasteiger partial charge in [-0.2, -0.15) is 0 Å². The zero-order valence-electron chi connectivity index (χ0n) is 11.1. The highest BCUT2D eigenvalue weighted by atomic mass is 32.1. The van der Waals surface area contributed by atoms with Gasteiger partial charge in [0.1, 0.15) is 12.4 Å². The molecular formula is C15H18N2OS. The molecular weight excluding hydrogens is 256 g/mol. The van der Waals surface area contributed by atoms with Gasteiger partial charge in [-0.25, -0.2) is 4.98 Å². The summed E-state index contributed by atoms with van der Waals surface area (Å²) in [4.78, 5) is 4.25. The Hall–Kier alpha value is -1.39. The number of hydrogen-bond donors (Lipinski definition) is 1. The van der Waals surface area contributed by atoms with Crippen molar-refractivity contribution >= 4 is 11.3 Å². The molecule has 1 aliphatic rings. The molecule has 1 unspecified atom stereocenters. The number of ether oxygens (including phenoxy) is 1. The van der Waals surface area contributed by atoms with Gasteiger partial charge in [0.25, 0.3) is 0 Å². The number of nitrogens with zero attached hydrogens (tertiary/aromatic N) is 1. The summed E-state index contributed by atoms with van der Waals surface area (Å²) >= 11 is 1.61. The Bertz CT molecular complexity index is 539. The monoisotopic (exact) mass is 274 g/mol. The van der Waals surface area contributed by atoms with E-state index in [0.717, 1.165) is 24.4 Å². The van der Waals surface area contributed by atoms with Crippen molar-refractivity contribution in [2.24, 2.45) is 0 Å². The van der Waals surface area contributed by atoms with Crippen LogP contribution in [0, 0.1) is 0 Å². The lowest BCUT2D eigenvalue weighted by atomic mass is 10.1. The van der Waals surface area contributed by atoms with Gasteiger partial charge in [0, 0.05) is 11.4 Å². The summed E-state index contributed by atoms with van der Waals surface area (Å²) in [5.41, 5.74) is 5.61. The zero-order chi connectivity index (χ0) is 13.1. The van der Waals surface area contributed by atoms with Crippen LogP contribution >= 0.6 is 11.3 Å². The molecule has 1 N–H and O–H groups in total. The van der Waals surface area contributed by atoms with Gasteiger partial charge in [-0.1, -0.05) is 19.1 Å². The Kier molecular flexibility index (Phi) is 3.80. The van der Waals surface area contributed by atoms with Gasteiger partial charge >= 0.3 is 0 Å². The van der Waals surface area contributed by atoms with E-state index in [1.807, 2.05) is 10.9 Å². The predicted octanol–water partition coefficient (Wildman–Crippen LogP) is 3.32. The first-order chi connectivity index (χ1) is 9.38. The Balaban J connectivity index is 1.76. The Morgan fingerprint density at radius 1 is 1.47 bits per heavy atom. The summed E-state index contributed by atoms with van der Waals surface area (Å²) in [5.74, 6) is 1.02. The first-order valence-electron chi connectivity index (χ1n) is 6.73. The molecule has 0 saturated heterocycles. The zero-order valence-corrected chi connectivity index (χ0v) is 11.9. The number of nitrogens with one attached hydrogen (secondary N) is 1. The number of aromatic nitrogens is 1. The molecule has 0 radical (unpaired) electrons. The highest BCUT2D eigenvalue weighted by Crippen LogP contribution is 2.37. The molecule has 1 aromatic heterocycles. The van der Waals surface area contributed by atoms with Gasteiger partial charge in [-0.05, 0) is 36.6 Å². The Labute approximate surface area is 117 Å². The van der Waals surface area contributed by atoms with Gasteiger partial charge in [-0.3, -0.25) is 0 Å². The van der Waals surface area contributed by atoms with Crippen molar-refractivity contribution in [3.63, 3.8) is 0 Å². The van der Waals surface area contributed by atoms with E-state index in [1.165, 1.54) is 17.5 Å². The van der Waals surface area contributed by atoms with Crippen LogP contribution in [-0.2, 0) is 13.0 Å². The van der Waals surface area contributed by atoms with Crippen LogP contribution in [0.15, 0.2) is 29.1 Å². The Morgan fingerprint density at radius 2 is 2.42 bits per heavy atom. The van der Waals surface area contributed by atoms with Crippen molar-refractivity contribution < 1.29 is 4.74 Å². The maximum atomic E-state index is 5.94. The molecule has 1 atom stereocenters. The van der Waals surface area contributed by atoms with Gasteiger partial charge in [0.2, 0.25) is 0 Å². The summed E-state index contributed by atoms with van der Waals surface area (Å²) in [5, 5.41) is 5.56. The van der Waals surface area contributed by atoms with E-state index in [0.29, 0.717) is 12.6 Å². The summed E-state index contributed by atoms with van der Waals surface area (Å²) in [6.07, 6.45) is 2.26. The van der Waals surface area contributed by atoms with Gasteiger partial charge in [0.15, 0.2) is 0 Å². The van der Waals surface area contributed by atoms with Crippen LogP contribution in [0.3, 0.4) is 0 Å². The third-order valence-electron chi connectivity index (χ3n) is 3.54. The van der Waals surface area contributed by atoms with E-state index in [9.17, 15) is 0 Å². The number of fused-ring (bicyclic) bond motifs is 1. The lowest BCUT2D eigenvalue weighted by Gasteiger charge is -2.13. The van der Waals surface area contributed by atoms with E-state index in [1.54, 1.807) is 11.3 Å². The molecule has 0 saturated carbocycles. The van der Waals surface area contributed by atoms with Crippen LogP contribution in [-0.4, -0.2) is 11.5 Å². The van der Waals surface area contributed by atoms with Crippen molar-refractivity contribution in [1.29, 1.82) is 0 Å². The molecule has 0 aliphatic heterocycles. The fraction of sp³-hybridized carbons (Fsp3) is 0.400. The molecule has 0 spiro atoms. The first-order valence-corrected chi connectivity index (χ1v) is 7.67. The second-order valence-corrected chi connectivity index (χ2v) is 5.46. The molecule has 1 aromatic carbocycles. The lowest BCUT2D eigenvalue weighted by Crippen LogP contribution is -2.18. The molecule has 0 amide bonds. The smallest absolute Gasteiger partial charge is 0.131 e. The largest absolute Gasteiger partial charge is 0.487 e. The maximum absolute atomic E-state index is 5.94. The van der Waals surface area contributed by atoms with Crippen LogP contribution in [0.4, 0.5) is 0 Å². The summed E-state index contributed by atoms with van der Waals surface area (Å²) < 4.78 is 5.94. The Morgan fingerprint density at radius 3 is 3.21 bits per heavy atom. The summed E-state index contributed by atoms with van der Waals surface area (Å²) in [6, 6.07) is 6.86. The molecule has 1 aliphatic carbocycles. The van der Waals surface area contributed by atoms with Gasteiger partial charge < -0.3 is 10.1 Å². The van der Waals surface area contributed by atoms with Crippen molar-refractivity contribution in [1.82, 2.24) is 10.3 Å². The highest BCUT2D eigenvalue weighted by Gasteiger charge is 2.24. The molecule has 4 heteroatoms. The van der Waals surface area contributed by atoms with Crippen molar-refractivity contribution in [2.45, 2.75) is 32.4 Å². The van der Waals surface area contributed by atoms with E-state index in [-0.39, 0.29) is 0 Å². The normalized spacial score (nSPS) is 17.4. The standard InChI is InChI=1S/C15H18N2OS/c1-2-16-14-7-6-13-12(14)4-3-5-15(13)18-8-11-9-19-10-17-11/h3-5,9-10,14,16H,2,6-8H2,1H3. The molecule has 0 bridgehead atoms. The fourth-order valence-electron chi connectivity index (χ4n) is 2.67. The SMILES string of the molecule is CCNC1CCc2c(OCc3cscn3)cccc21. The molecule has 2 aromatic rings. The first kappa shape index (κ1) is 12.6. The molecule has 19 heavy (non-hydrogen) atoms. The molecule has 3 rings (SSSR count). The fourth-order valence-corrected chi connectivity index (χ4v) is 3.22. The average Bonchev–Trinajstić information content (AvgIpc) is 3.07. The quantitative estimate of drug-likeness (QED) is 0.908. The topological polar surface area (TPSA) is 34.1 Å². The van der Waals surface area contributed by atoms with Gasteiger partial charge in [-0.15, -0.1) is 11.3 Å². The molecule has 100 valence electrons. The van der Waals surface area contributed by atoms with E-state index >= 15 is 0 Å². The second kappa shape index (κ2) is 5.72. The number of rotatable bonds is 5. The van der Waals surface area contributed by atoms with E-state index in [2.05, 4.69) is 35.4 Å². The van der Waals surface area contributed by atoms with Crippen LogP contribution in [0.1, 0.15) is 36.2 Å². The summed E-state index contributed by atoms with van der Waals surface area (Å²) in [7, 11) is 0. The van der Waals surface area contributed by atoms with Crippen LogP contribution in [0.25, 0.3) is 0 Å². The van der Waals surface area contributed by atoms with Crippen LogP contribution in [0.5, 0.6) is 5.75 Å². The third-order valence-corrected chi connectivity index (χ3v) is 4.17. The second-order valence-electron chi connectivity index (χ2n) is 4.74. The lowest BCUT2D eigenvalue weighted by molar-refractivity contribution is 0.299. The van der Waals surface area contributed by atoms with Crippen molar-refractivity contribution in [3.05, 3.63) is 45.9 Å². The molecule has 3 nitrogen and oxygen atoms in total. The maximum Gasteiger partial charge on any atom is 0.131 e. The minimum Gasteiger partial charge on any atom is -0.487 e. The van der Waals surface area contributed by atoms with Crippen molar-refractivity contribution in [3.8, 4) is 5.75 Å². The van der Waals surface area contributed by atoms with E-state index in [4.69, 9.17) is 4.74 Å². The number of hydrogen-bond acceptors (Lipinski definition) is 4. The van der Waals surface area contributed by atoms with E-state index < -0.39 is 0 Å². The van der Waals surface area contributed by atoms with Crippen molar-refractivity contribution in [2.75, 3.05) is 6.54 Å². The minimum atomic E-state index is 0.489. The van der Waals surface area contributed by atoms with Crippen LogP contribution < -0.4 is 10.1 Å². The van der Waals surface area contributed by atoms with Crippen LogP contribution in [0.2, 0.25) is 0 Å². The third kappa shape index (κ3) is 2.65. The number of benzene rings is 1. The molecule has 0 fully saturated rings. The van der Waals surface area contributed by atoms with Gasteiger partial charge in [0.05, 0.1) is 11.2 Å². The number of thiazole rings is 1. The summed E-state index contributed by atoms with van der Waals surface area (Å²) in [6.45, 7) is 3.72. The molecule has 1 heterocycles. The highest BCUT2D eigenvalue weighted by molar-refractivity contribution is 7.07. The minimum absolute atomic E-state index is 0.489. The average molecular weight is 274 g/mol.